The lowest BCUT2D eigenvalue weighted by molar-refractivity contribution is 0.768. The van der Waals surface area contributed by atoms with Crippen molar-refractivity contribution < 1.29 is 0 Å². The number of guanidine groups is 1. The molecule has 132 valence electrons. The van der Waals surface area contributed by atoms with Crippen LogP contribution in [0.5, 0.6) is 0 Å². The van der Waals surface area contributed by atoms with Crippen molar-refractivity contribution in [1.29, 1.82) is 0 Å². The first kappa shape index (κ1) is 16.7. The van der Waals surface area contributed by atoms with Crippen molar-refractivity contribution >= 4 is 29.3 Å². The number of hydrogen-bond acceptors (Lipinski definition) is 5. The lowest BCUT2D eigenvalue weighted by Crippen LogP contribution is -2.24. The Labute approximate surface area is 157 Å². The van der Waals surface area contributed by atoms with Gasteiger partial charge in [-0.3, -0.25) is 4.68 Å². The van der Waals surface area contributed by atoms with Crippen LogP contribution in [0, 0.1) is 0 Å². The Balaban J connectivity index is 1.57. The van der Waals surface area contributed by atoms with E-state index in [-0.39, 0.29) is 0 Å². The summed E-state index contributed by atoms with van der Waals surface area (Å²) < 4.78 is 6.37. The number of benzene rings is 2. The van der Waals surface area contributed by atoms with E-state index >= 15 is 0 Å². The number of aromatic nitrogens is 2. The summed E-state index contributed by atoms with van der Waals surface area (Å²) in [6.07, 6.45) is 3.90. The van der Waals surface area contributed by atoms with Crippen LogP contribution in [0.15, 0.2) is 64.2 Å². The second-order valence-corrected chi connectivity index (χ2v) is 7.44. The minimum Gasteiger partial charge on any atom is -0.325 e. The van der Waals surface area contributed by atoms with Gasteiger partial charge in [0.1, 0.15) is 0 Å². The highest BCUT2D eigenvalue weighted by Gasteiger charge is 2.18. The lowest BCUT2D eigenvalue weighted by Gasteiger charge is -2.21. The number of para-hydroxylation sites is 1. The van der Waals surface area contributed by atoms with Crippen molar-refractivity contribution in [3.8, 4) is 11.1 Å². The third-order valence-corrected chi connectivity index (χ3v) is 5.17. The fourth-order valence-electron chi connectivity index (χ4n) is 2.92. The van der Waals surface area contributed by atoms with Crippen molar-refractivity contribution in [2.75, 3.05) is 10.6 Å². The maximum Gasteiger partial charge on any atom is 0.212 e. The SMILES string of the molecule is CC(C)c1ccc(NC2=NSc3cccc(-c4cnn(C)c4)c3N2)cc1. The van der Waals surface area contributed by atoms with Crippen LogP contribution in [0.3, 0.4) is 0 Å². The molecule has 0 aliphatic carbocycles. The summed E-state index contributed by atoms with van der Waals surface area (Å²) in [6, 6.07) is 14.7. The summed E-state index contributed by atoms with van der Waals surface area (Å²) >= 11 is 1.48. The molecule has 0 bridgehead atoms. The lowest BCUT2D eigenvalue weighted by atomic mass is 10.0. The van der Waals surface area contributed by atoms with E-state index in [1.165, 1.54) is 17.5 Å². The summed E-state index contributed by atoms with van der Waals surface area (Å²) in [6.45, 7) is 4.39. The zero-order valence-electron chi connectivity index (χ0n) is 15.0. The third kappa shape index (κ3) is 3.32. The molecule has 0 radical (unpaired) electrons. The Morgan fingerprint density at radius 3 is 2.62 bits per heavy atom. The van der Waals surface area contributed by atoms with Crippen LogP contribution < -0.4 is 10.6 Å². The molecular formula is C20H21N5S. The molecule has 0 saturated heterocycles. The van der Waals surface area contributed by atoms with Gasteiger partial charge < -0.3 is 10.6 Å². The van der Waals surface area contributed by atoms with Crippen LogP contribution in [0.2, 0.25) is 0 Å². The largest absolute Gasteiger partial charge is 0.325 e. The third-order valence-electron chi connectivity index (χ3n) is 4.36. The molecule has 26 heavy (non-hydrogen) atoms. The minimum atomic E-state index is 0.527. The number of nitrogens with one attached hydrogen (secondary N) is 2. The quantitative estimate of drug-likeness (QED) is 0.635. The van der Waals surface area contributed by atoms with Gasteiger partial charge in [0.25, 0.3) is 0 Å². The van der Waals surface area contributed by atoms with Crippen molar-refractivity contribution in [1.82, 2.24) is 9.78 Å². The minimum absolute atomic E-state index is 0.527. The fraction of sp³-hybridized carbons (Fsp3) is 0.200. The highest BCUT2D eigenvalue weighted by atomic mass is 32.2. The Kier molecular flexibility index (Phi) is 4.42. The first-order chi connectivity index (χ1) is 12.6. The average Bonchev–Trinajstić information content (AvgIpc) is 3.08. The average molecular weight is 363 g/mol. The highest BCUT2D eigenvalue weighted by Crippen LogP contribution is 2.39. The number of rotatable bonds is 3. The van der Waals surface area contributed by atoms with Crippen molar-refractivity contribution in [2.24, 2.45) is 11.4 Å². The first-order valence-corrected chi connectivity index (χ1v) is 9.38. The molecule has 1 aliphatic rings. The maximum absolute atomic E-state index is 4.55. The van der Waals surface area contributed by atoms with Crippen molar-refractivity contribution in [3.63, 3.8) is 0 Å². The summed E-state index contributed by atoms with van der Waals surface area (Å²) in [7, 11) is 1.93. The van der Waals surface area contributed by atoms with Crippen LogP contribution >= 0.6 is 11.9 Å². The number of fused-ring (bicyclic) bond motifs is 1. The van der Waals surface area contributed by atoms with E-state index in [1.54, 1.807) is 0 Å². The molecule has 0 fully saturated rings. The van der Waals surface area contributed by atoms with Gasteiger partial charge in [0.05, 0.1) is 16.8 Å². The second kappa shape index (κ2) is 6.88. The van der Waals surface area contributed by atoms with Gasteiger partial charge in [0, 0.05) is 42.0 Å². The van der Waals surface area contributed by atoms with Crippen LogP contribution in [-0.2, 0) is 7.05 Å². The summed E-state index contributed by atoms with van der Waals surface area (Å²) in [5, 5.41) is 11.1. The van der Waals surface area contributed by atoms with E-state index in [4.69, 9.17) is 0 Å². The molecule has 0 unspecified atom stereocenters. The molecule has 5 nitrogen and oxygen atoms in total. The zero-order chi connectivity index (χ0) is 18.1. The predicted molar refractivity (Wildman–Crippen MR) is 110 cm³/mol. The molecular weight excluding hydrogens is 342 g/mol. The smallest absolute Gasteiger partial charge is 0.212 e. The predicted octanol–water partition coefficient (Wildman–Crippen LogP) is 5.11. The van der Waals surface area contributed by atoms with Crippen LogP contribution in [0.25, 0.3) is 11.1 Å². The molecule has 6 heteroatoms. The van der Waals surface area contributed by atoms with Gasteiger partial charge in [-0.2, -0.15) is 9.50 Å². The number of nitrogens with zero attached hydrogens (tertiary/aromatic N) is 3. The second-order valence-electron chi connectivity index (χ2n) is 6.64. The topological polar surface area (TPSA) is 54.2 Å². The summed E-state index contributed by atoms with van der Waals surface area (Å²) in [5.41, 5.74) is 5.60. The van der Waals surface area contributed by atoms with E-state index < -0.39 is 0 Å². The molecule has 0 spiro atoms. The molecule has 0 atom stereocenters. The zero-order valence-corrected chi connectivity index (χ0v) is 15.8. The fourth-order valence-corrected chi connectivity index (χ4v) is 3.59. The van der Waals surface area contributed by atoms with Crippen LogP contribution in [0.1, 0.15) is 25.3 Å². The maximum atomic E-state index is 4.55. The normalized spacial score (nSPS) is 13.2. The van der Waals surface area contributed by atoms with E-state index in [1.807, 2.05) is 24.1 Å². The molecule has 2 N–H and O–H groups in total. The monoisotopic (exact) mass is 363 g/mol. The van der Waals surface area contributed by atoms with Gasteiger partial charge in [0.2, 0.25) is 5.96 Å². The molecule has 1 aromatic heterocycles. The Hall–Kier alpha value is -2.73. The van der Waals surface area contributed by atoms with Gasteiger partial charge in [-0.1, -0.05) is 38.1 Å². The summed E-state index contributed by atoms with van der Waals surface area (Å²) in [4.78, 5) is 1.10. The van der Waals surface area contributed by atoms with Crippen LogP contribution in [0.4, 0.5) is 11.4 Å². The highest BCUT2D eigenvalue weighted by molar-refractivity contribution is 7.98. The number of hydrogen-bond donors (Lipinski definition) is 2. The summed E-state index contributed by atoms with van der Waals surface area (Å²) in [5.74, 6) is 1.26. The van der Waals surface area contributed by atoms with E-state index in [0.29, 0.717) is 5.92 Å². The number of anilines is 2. The Morgan fingerprint density at radius 2 is 1.92 bits per heavy atom. The molecule has 3 aromatic rings. The Morgan fingerprint density at radius 1 is 1.12 bits per heavy atom. The van der Waals surface area contributed by atoms with Gasteiger partial charge in [-0.25, -0.2) is 0 Å². The molecule has 2 heterocycles. The van der Waals surface area contributed by atoms with E-state index in [0.717, 1.165) is 33.4 Å². The standard InChI is InChI=1S/C20H21N5S/c1-13(2)14-7-9-16(10-8-14)22-20-23-19-17(15-11-21-25(3)12-15)5-4-6-18(19)26-24-20/h4-13H,1-3H3,(H2,22,23,24). The molecule has 0 saturated carbocycles. The molecule has 0 amide bonds. The van der Waals surface area contributed by atoms with Gasteiger partial charge in [-0.05, 0) is 29.7 Å². The molecule has 4 rings (SSSR count). The van der Waals surface area contributed by atoms with Gasteiger partial charge >= 0.3 is 0 Å². The molecule has 2 aromatic carbocycles. The van der Waals surface area contributed by atoms with E-state index in [2.05, 4.69) is 76.4 Å². The van der Waals surface area contributed by atoms with Crippen molar-refractivity contribution in [3.05, 3.63) is 60.4 Å². The van der Waals surface area contributed by atoms with Gasteiger partial charge in [-0.15, -0.1) is 0 Å². The van der Waals surface area contributed by atoms with Crippen molar-refractivity contribution in [2.45, 2.75) is 24.7 Å². The molecule has 1 aliphatic heterocycles. The number of aryl methyl sites for hydroxylation is 1. The first-order valence-electron chi connectivity index (χ1n) is 8.61. The van der Waals surface area contributed by atoms with Crippen LogP contribution in [-0.4, -0.2) is 15.7 Å². The van der Waals surface area contributed by atoms with Gasteiger partial charge in [0.15, 0.2) is 0 Å². The van der Waals surface area contributed by atoms with E-state index in [9.17, 15) is 0 Å². The Bertz CT molecular complexity index is 957.